The monoisotopic (exact) mass is 461 g/mol. The average molecular weight is 462 g/mol. The molecule has 0 aromatic carbocycles. The topological polar surface area (TPSA) is 132 Å². The molecule has 0 aliphatic carbocycles. The molecule has 0 radical (unpaired) electrons. The van der Waals surface area contributed by atoms with Gasteiger partial charge >= 0.3 is 0 Å². The normalized spacial score (nSPS) is 30.7. The van der Waals surface area contributed by atoms with Crippen LogP contribution in [0, 0.1) is 0 Å². The SMILES string of the molecule is CC1CC(Nc2cc3nc(CO)ccc3c(NC3C[C@H]4CC[C@@H](C3)N4S(C)(=O)=O)n2)NN1. The van der Waals surface area contributed by atoms with Gasteiger partial charge in [-0.1, -0.05) is 0 Å². The van der Waals surface area contributed by atoms with Gasteiger partial charge in [-0.2, -0.15) is 4.31 Å². The minimum absolute atomic E-state index is 0.0446. The number of pyridine rings is 2. The summed E-state index contributed by atoms with van der Waals surface area (Å²) >= 11 is 0. The molecule has 3 aliphatic rings. The Morgan fingerprint density at radius 2 is 1.88 bits per heavy atom. The van der Waals surface area contributed by atoms with Crippen LogP contribution in [-0.4, -0.2) is 64.4 Å². The van der Waals surface area contributed by atoms with Gasteiger partial charge in [0.1, 0.15) is 11.6 Å². The van der Waals surface area contributed by atoms with Gasteiger partial charge in [0.2, 0.25) is 10.0 Å². The summed E-state index contributed by atoms with van der Waals surface area (Å²) < 4.78 is 26.2. The zero-order valence-electron chi connectivity index (χ0n) is 18.4. The number of fused-ring (bicyclic) bond motifs is 3. The molecule has 0 saturated carbocycles. The summed E-state index contributed by atoms with van der Waals surface area (Å²) in [5.74, 6) is 1.44. The maximum atomic E-state index is 12.2. The van der Waals surface area contributed by atoms with E-state index in [9.17, 15) is 13.5 Å². The molecule has 2 aromatic heterocycles. The Morgan fingerprint density at radius 3 is 2.50 bits per heavy atom. The van der Waals surface area contributed by atoms with E-state index in [1.165, 1.54) is 6.26 Å². The molecule has 5 heterocycles. The molecule has 10 nitrogen and oxygen atoms in total. The highest BCUT2D eigenvalue weighted by atomic mass is 32.2. The second-order valence-electron chi connectivity index (χ2n) is 9.30. The number of aromatic nitrogens is 2. The molecule has 32 heavy (non-hydrogen) atoms. The Labute approximate surface area is 188 Å². The fourth-order valence-electron chi connectivity index (χ4n) is 5.42. The van der Waals surface area contributed by atoms with Crippen molar-refractivity contribution < 1.29 is 13.5 Å². The second kappa shape index (κ2) is 8.38. The van der Waals surface area contributed by atoms with E-state index in [2.05, 4.69) is 33.4 Å². The lowest BCUT2D eigenvalue weighted by Crippen LogP contribution is -2.49. The molecular formula is C21H31N7O3S. The van der Waals surface area contributed by atoms with Crippen LogP contribution in [0.5, 0.6) is 0 Å². The fraction of sp³-hybridized carbons (Fsp3) is 0.619. The van der Waals surface area contributed by atoms with Crippen molar-refractivity contribution in [2.75, 3.05) is 16.9 Å². The molecule has 0 amide bonds. The van der Waals surface area contributed by atoms with Crippen LogP contribution in [0.4, 0.5) is 11.6 Å². The number of aliphatic hydroxyl groups excluding tert-OH is 1. The van der Waals surface area contributed by atoms with Crippen molar-refractivity contribution in [2.45, 2.75) is 76.0 Å². The van der Waals surface area contributed by atoms with Crippen LogP contribution in [-0.2, 0) is 16.6 Å². The Balaban J connectivity index is 1.42. The molecule has 174 valence electrons. The first-order chi connectivity index (χ1) is 15.3. The van der Waals surface area contributed by atoms with Crippen molar-refractivity contribution in [3.63, 3.8) is 0 Å². The first kappa shape index (κ1) is 21.8. The van der Waals surface area contributed by atoms with Crippen LogP contribution in [0.25, 0.3) is 10.9 Å². The van der Waals surface area contributed by atoms with Crippen LogP contribution in [0.15, 0.2) is 18.2 Å². The summed E-state index contributed by atoms with van der Waals surface area (Å²) in [5.41, 5.74) is 7.78. The minimum Gasteiger partial charge on any atom is -0.390 e. The zero-order chi connectivity index (χ0) is 22.5. The van der Waals surface area contributed by atoms with Gasteiger partial charge in [0.15, 0.2) is 0 Å². The van der Waals surface area contributed by atoms with Gasteiger partial charge < -0.3 is 15.7 Å². The lowest BCUT2D eigenvalue weighted by atomic mass is 9.99. The molecule has 3 unspecified atom stereocenters. The fourth-order valence-corrected chi connectivity index (χ4v) is 6.88. The number of hydrazine groups is 1. The van der Waals surface area contributed by atoms with E-state index in [0.717, 1.165) is 48.8 Å². The van der Waals surface area contributed by atoms with Gasteiger partial charge in [-0.15, -0.1) is 0 Å². The molecule has 2 aromatic rings. The number of sulfonamides is 1. The first-order valence-corrected chi connectivity index (χ1v) is 13.1. The van der Waals surface area contributed by atoms with Crippen molar-refractivity contribution in [3.05, 3.63) is 23.9 Å². The van der Waals surface area contributed by atoms with E-state index in [4.69, 9.17) is 4.98 Å². The van der Waals surface area contributed by atoms with Crippen LogP contribution < -0.4 is 21.5 Å². The summed E-state index contributed by atoms with van der Waals surface area (Å²) in [6.45, 7) is 1.99. The third kappa shape index (κ3) is 4.27. The number of rotatable bonds is 6. The lowest BCUT2D eigenvalue weighted by molar-refractivity contribution is 0.236. The average Bonchev–Trinajstić information content (AvgIpc) is 3.27. The van der Waals surface area contributed by atoms with E-state index in [-0.39, 0.29) is 30.9 Å². The lowest BCUT2D eigenvalue weighted by Gasteiger charge is -2.37. The molecule has 3 saturated heterocycles. The van der Waals surface area contributed by atoms with Crippen molar-refractivity contribution >= 4 is 32.6 Å². The maximum Gasteiger partial charge on any atom is 0.211 e. The predicted octanol–water partition coefficient (Wildman–Crippen LogP) is 1.11. The van der Waals surface area contributed by atoms with Crippen molar-refractivity contribution in [2.24, 2.45) is 0 Å². The summed E-state index contributed by atoms with van der Waals surface area (Å²) in [6, 6.07) is 6.24. The number of nitrogens with one attached hydrogen (secondary N) is 4. The third-order valence-electron chi connectivity index (χ3n) is 6.71. The number of aliphatic hydroxyl groups is 1. The Kier molecular flexibility index (Phi) is 5.70. The second-order valence-corrected chi connectivity index (χ2v) is 11.2. The Hall–Kier alpha value is -2.05. The third-order valence-corrected chi connectivity index (χ3v) is 8.07. The van der Waals surface area contributed by atoms with Gasteiger partial charge in [-0.25, -0.2) is 18.8 Å². The number of hydrogen-bond acceptors (Lipinski definition) is 9. The summed E-state index contributed by atoms with van der Waals surface area (Å²) in [5, 5.41) is 17.4. The molecule has 0 spiro atoms. The van der Waals surface area contributed by atoms with E-state index >= 15 is 0 Å². The van der Waals surface area contributed by atoms with E-state index in [1.807, 2.05) is 18.2 Å². The highest BCUT2D eigenvalue weighted by Crippen LogP contribution is 2.39. The Bertz CT molecular complexity index is 1100. The summed E-state index contributed by atoms with van der Waals surface area (Å²) in [6.07, 6.45) is 5.62. The van der Waals surface area contributed by atoms with Gasteiger partial charge in [-0.3, -0.25) is 10.4 Å². The molecule has 5 atom stereocenters. The van der Waals surface area contributed by atoms with Crippen LogP contribution in [0.2, 0.25) is 0 Å². The molecule has 2 bridgehead atoms. The zero-order valence-corrected chi connectivity index (χ0v) is 19.2. The van der Waals surface area contributed by atoms with E-state index in [1.54, 1.807) is 4.31 Å². The molecule has 11 heteroatoms. The largest absolute Gasteiger partial charge is 0.390 e. The predicted molar refractivity (Wildman–Crippen MR) is 123 cm³/mol. The standard InChI is InChI=1S/C21H31N7O3S/c1-12-7-20(27-26-12)24-19-10-18-17(6-3-13(11-29)22-18)21(25-19)23-14-8-15-4-5-16(9-14)28(15)32(2,30)31/h3,6,10,12,14-16,20,26-27,29H,4-5,7-9,11H2,1-2H3,(H2,23,24,25)/t12?,14?,15-,16+,20?. The minimum atomic E-state index is -3.19. The van der Waals surface area contributed by atoms with Crippen molar-refractivity contribution in [3.8, 4) is 0 Å². The Morgan fingerprint density at radius 1 is 1.12 bits per heavy atom. The molecule has 3 aliphatic heterocycles. The molecule has 5 rings (SSSR count). The van der Waals surface area contributed by atoms with Crippen LogP contribution in [0.1, 0.15) is 44.7 Å². The van der Waals surface area contributed by atoms with Crippen LogP contribution >= 0.6 is 0 Å². The highest BCUT2D eigenvalue weighted by Gasteiger charge is 2.45. The van der Waals surface area contributed by atoms with Crippen molar-refractivity contribution in [1.82, 2.24) is 25.1 Å². The summed E-state index contributed by atoms with van der Waals surface area (Å²) in [4.78, 5) is 9.44. The van der Waals surface area contributed by atoms with Gasteiger partial charge in [0, 0.05) is 35.6 Å². The van der Waals surface area contributed by atoms with Gasteiger partial charge in [-0.05, 0) is 51.2 Å². The number of hydrogen-bond donors (Lipinski definition) is 5. The molecule has 3 fully saturated rings. The highest BCUT2D eigenvalue weighted by molar-refractivity contribution is 7.88. The van der Waals surface area contributed by atoms with Crippen LogP contribution in [0.3, 0.4) is 0 Å². The molecular weight excluding hydrogens is 430 g/mol. The maximum absolute atomic E-state index is 12.2. The van der Waals surface area contributed by atoms with Gasteiger partial charge in [0.25, 0.3) is 0 Å². The summed E-state index contributed by atoms with van der Waals surface area (Å²) in [7, 11) is -3.19. The first-order valence-electron chi connectivity index (χ1n) is 11.2. The van der Waals surface area contributed by atoms with E-state index in [0.29, 0.717) is 17.6 Å². The number of piperidine rings is 1. The number of nitrogens with zero attached hydrogens (tertiary/aromatic N) is 3. The number of anilines is 2. The molecule has 5 N–H and O–H groups in total. The van der Waals surface area contributed by atoms with E-state index < -0.39 is 10.0 Å². The smallest absolute Gasteiger partial charge is 0.211 e. The van der Waals surface area contributed by atoms with Gasteiger partial charge in [0.05, 0.1) is 30.2 Å². The van der Waals surface area contributed by atoms with Crippen molar-refractivity contribution in [1.29, 1.82) is 0 Å². The quantitative estimate of drug-likeness (QED) is 0.429.